The number of allylic oxidation sites excluding steroid dienone is 5. The average Bonchev–Trinajstić information content (AvgIpc) is 2.47. The second-order valence-corrected chi connectivity index (χ2v) is 7.50. The maximum absolute atomic E-state index is 4.60. The lowest BCUT2D eigenvalue weighted by Gasteiger charge is -2.25. The van der Waals surface area contributed by atoms with Crippen LogP contribution in [-0.2, 0) is 0 Å². The Hall–Kier alpha value is -1.57. The van der Waals surface area contributed by atoms with Crippen molar-refractivity contribution >= 4 is 6.21 Å². The summed E-state index contributed by atoms with van der Waals surface area (Å²) >= 11 is 0. The second-order valence-electron chi connectivity index (χ2n) is 7.50. The summed E-state index contributed by atoms with van der Waals surface area (Å²) in [6.07, 6.45) is 12.5. The smallest absolute Gasteiger partial charge is 0.118 e. The van der Waals surface area contributed by atoms with E-state index in [1.807, 2.05) is 25.3 Å². The summed E-state index contributed by atoms with van der Waals surface area (Å²) in [5, 5.41) is 3.47. The van der Waals surface area contributed by atoms with Gasteiger partial charge in [-0.05, 0) is 48.8 Å². The van der Waals surface area contributed by atoms with Crippen LogP contribution in [-0.4, -0.2) is 12.3 Å². The molecule has 0 radical (unpaired) electrons. The Labute approximate surface area is 143 Å². The molecular formula is C21H34N2. The molecule has 1 fully saturated rings. The Morgan fingerprint density at radius 1 is 1.13 bits per heavy atom. The normalized spacial score (nSPS) is 18.3. The predicted octanol–water partition coefficient (Wildman–Crippen LogP) is 5.95. The molecule has 0 saturated heterocycles. The number of aliphatic imine (C=N–C) groups is 1. The number of nitrogens with zero attached hydrogens (tertiary/aromatic N) is 1. The van der Waals surface area contributed by atoms with Gasteiger partial charge in [-0.1, -0.05) is 65.3 Å². The molecule has 1 rings (SSSR count). The lowest BCUT2D eigenvalue weighted by Crippen LogP contribution is -2.29. The van der Waals surface area contributed by atoms with Gasteiger partial charge in [-0.3, -0.25) is 0 Å². The summed E-state index contributed by atoms with van der Waals surface area (Å²) in [6, 6.07) is 0.537. The lowest BCUT2D eigenvalue weighted by molar-refractivity contribution is 0.396. The molecule has 2 heteroatoms. The van der Waals surface area contributed by atoms with E-state index >= 15 is 0 Å². The second kappa shape index (κ2) is 8.90. The van der Waals surface area contributed by atoms with Crippen LogP contribution >= 0.6 is 0 Å². The van der Waals surface area contributed by atoms with Crippen molar-refractivity contribution in [1.29, 1.82) is 0 Å². The highest BCUT2D eigenvalue weighted by Gasteiger charge is 2.19. The molecule has 0 aromatic heterocycles. The number of rotatable bonds is 6. The molecule has 1 N–H and O–H groups in total. The molecule has 0 aromatic carbocycles. The standard InChI is InChI=1S/C21H34N2/c1-8-12-16(2)17(3)20(21(5,6)7)15-22-18(4)23-19-13-10-9-11-14-19/h8,12,15,19,23H,2,4,9-11,13-14H2,1,3,5-7H3/b12-8-,20-17-,22-15?. The van der Waals surface area contributed by atoms with E-state index < -0.39 is 0 Å². The summed E-state index contributed by atoms with van der Waals surface area (Å²) in [6.45, 7) is 19.0. The molecule has 0 aromatic rings. The van der Waals surface area contributed by atoms with Crippen LogP contribution in [0.2, 0.25) is 0 Å². The van der Waals surface area contributed by atoms with Gasteiger partial charge >= 0.3 is 0 Å². The van der Waals surface area contributed by atoms with Crippen LogP contribution in [0.25, 0.3) is 0 Å². The number of hydrogen-bond acceptors (Lipinski definition) is 2. The van der Waals surface area contributed by atoms with Crippen molar-refractivity contribution in [3.63, 3.8) is 0 Å². The van der Waals surface area contributed by atoms with Crippen molar-refractivity contribution in [2.75, 3.05) is 0 Å². The zero-order chi connectivity index (χ0) is 17.5. The molecule has 0 spiro atoms. The van der Waals surface area contributed by atoms with Crippen LogP contribution in [0.5, 0.6) is 0 Å². The van der Waals surface area contributed by atoms with Crippen LogP contribution in [0.15, 0.2) is 52.8 Å². The third-order valence-corrected chi connectivity index (χ3v) is 4.39. The van der Waals surface area contributed by atoms with E-state index in [0.29, 0.717) is 6.04 Å². The lowest BCUT2D eigenvalue weighted by atomic mass is 9.82. The highest BCUT2D eigenvalue weighted by Crippen LogP contribution is 2.29. The Morgan fingerprint density at radius 2 is 1.74 bits per heavy atom. The van der Waals surface area contributed by atoms with Crippen molar-refractivity contribution in [3.8, 4) is 0 Å². The minimum absolute atomic E-state index is 0.0171. The highest BCUT2D eigenvalue weighted by atomic mass is 15.0. The minimum atomic E-state index is 0.0171. The molecule has 0 aliphatic heterocycles. The predicted molar refractivity (Wildman–Crippen MR) is 104 cm³/mol. The number of hydrogen-bond donors (Lipinski definition) is 1. The van der Waals surface area contributed by atoms with Gasteiger partial charge in [0.1, 0.15) is 5.82 Å². The quantitative estimate of drug-likeness (QED) is 0.476. The Bertz CT molecular complexity index is 506. The maximum Gasteiger partial charge on any atom is 0.118 e. The fraction of sp³-hybridized carbons (Fsp3) is 0.571. The molecule has 128 valence electrons. The third-order valence-electron chi connectivity index (χ3n) is 4.39. The summed E-state index contributed by atoms with van der Waals surface area (Å²) < 4.78 is 0. The van der Waals surface area contributed by atoms with Gasteiger partial charge in [-0.15, -0.1) is 0 Å². The Morgan fingerprint density at radius 3 is 2.26 bits per heavy atom. The minimum Gasteiger partial charge on any atom is -0.368 e. The van der Waals surface area contributed by atoms with Crippen molar-refractivity contribution in [3.05, 3.63) is 47.9 Å². The van der Waals surface area contributed by atoms with Crippen LogP contribution < -0.4 is 5.32 Å². The first-order valence-electron chi connectivity index (χ1n) is 8.78. The van der Waals surface area contributed by atoms with Gasteiger partial charge in [0.15, 0.2) is 0 Å². The SMILES string of the molecule is C=C(N=C/C(=C(\C)C(=C)/C=C\C)C(C)(C)C)NC1CCCCC1. The fourth-order valence-corrected chi connectivity index (χ4v) is 3.01. The van der Waals surface area contributed by atoms with Gasteiger partial charge < -0.3 is 5.32 Å². The summed E-state index contributed by atoms with van der Waals surface area (Å²) in [5.74, 6) is 0.767. The Balaban J connectivity index is 2.86. The zero-order valence-corrected chi connectivity index (χ0v) is 15.7. The first-order valence-corrected chi connectivity index (χ1v) is 8.78. The van der Waals surface area contributed by atoms with Crippen LogP contribution in [0.3, 0.4) is 0 Å². The number of nitrogens with one attached hydrogen (secondary N) is 1. The van der Waals surface area contributed by atoms with Gasteiger partial charge in [0.2, 0.25) is 0 Å². The molecule has 1 aliphatic carbocycles. The van der Waals surface area contributed by atoms with E-state index in [1.165, 1.54) is 43.3 Å². The molecule has 0 bridgehead atoms. The van der Waals surface area contributed by atoms with E-state index in [0.717, 1.165) is 11.4 Å². The monoisotopic (exact) mass is 314 g/mol. The molecule has 23 heavy (non-hydrogen) atoms. The van der Waals surface area contributed by atoms with E-state index in [1.54, 1.807) is 0 Å². The van der Waals surface area contributed by atoms with E-state index in [4.69, 9.17) is 0 Å². The fourth-order valence-electron chi connectivity index (χ4n) is 3.01. The summed E-state index contributed by atoms with van der Waals surface area (Å²) in [5.41, 5.74) is 3.44. The summed E-state index contributed by atoms with van der Waals surface area (Å²) in [7, 11) is 0. The highest BCUT2D eigenvalue weighted by molar-refractivity contribution is 5.83. The van der Waals surface area contributed by atoms with Crippen LogP contribution in [0.1, 0.15) is 66.7 Å². The molecule has 2 nitrogen and oxygen atoms in total. The molecular weight excluding hydrogens is 280 g/mol. The van der Waals surface area contributed by atoms with Crippen LogP contribution in [0.4, 0.5) is 0 Å². The molecule has 0 heterocycles. The first-order chi connectivity index (χ1) is 10.8. The first kappa shape index (κ1) is 19.5. The largest absolute Gasteiger partial charge is 0.368 e. The molecule has 0 unspecified atom stereocenters. The molecule has 0 amide bonds. The molecule has 1 saturated carbocycles. The molecule has 1 aliphatic rings. The van der Waals surface area contributed by atoms with E-state index in [2.05, 4.69) is 51.2 Å². The van der Waals surface area contributed by atoms with Gasteiger partial charge in [-0.25, -0.2) is 4.99 Å². The van der Waals surface area contributed by atoms with E-state index in [-0.39, 0.29) is 5.41 Å². The topological polar surface area (TPSA) is 24.4 Å². The van der Waals surface area contributed by atoms with Crippen molar-refractivity contribution in [1.82, 2.24) is 5.32 Å². The summed E-state index contributed by atoms with van der Waals surface area (Å²) in [4.78, 5) is 4.60. The van der Waals surface area contributed by atoms with Gasteiger partial charge in [0.25, 0.3) is 0 Å². The van der Waals surface area contributed by atoms with E-state index in [9.17, 15) is 0 Å². The van der Waals surface area contributed by atoms with Crippen molar-refractivity contribution in [2.45, 2.75) is 72.8 Å². The average molecular weight is 315 g/mol. The zero-order valence-electron chi connectivity index (χ0n) is 15.7. The molecule has 0 atom stereocenters. The van der Waals surface area contributed by atoms with Gasteiger partial charge in [0, 0.05) is 12.3 Å². The van der Waals surface area contributed by atoms with Crippen molar-refractivity contribution in [2.24, 2.45) is 10.4 Å². The maximum atomic E-state index is 4.60. The van der Waals surface area contributed by atoms with Gasteiger partial charge in [-0.2, -0.15) is 0 Å². The van der Waals surface area contributed by atoms with Crippen LogP contribution in [0, 0.1) is 5.41 Å². The van der Waals surface area contributed by atoms with Crippen molar-refractivity contribution < 1.29 is 0 Å². The Kier molecular flexibility index (Phi) is 7.54. The third kappa shape index (κ3) is 6.60. The van der Waals surface area contributed by atoms with Gasteiger partial charge in [0.05, 0.1) is 0 Å².